The van der Waals surface area contributed by atoms with Gasteiger partial charge in [-0.25, -0.2) is 8.78 Å². The average Bonchev–Trinajstić information content (AvgIpc) is 2.69. The van der Waals surface area contributed by atoms with Gasteiger partial charge < -0.3 is 4.90 Å². The van der Waals surface area contributed by atoms with Gasteiger partial charge in [0.2, 0.25) is 5.91 Å². The molecule has 1 atom stereocenters. The first kappa shape index (κ1) is 18.4. The molecule has 4 heteroatoms. The van der Waals surface area contributed by atoms with Gasteiger partial charge in [-0.3, -0.25) is 4.79 Å². The van der Waals surface area contributed by atoms with E-state index in [0.29, 0.717) is 24.1 Å². The fraction of sp³-hybridized carbons (Fsp3) is 0.208. The summed E-state index contributed by atoms with van der Waals surface area (Å²) in [6.07, 6.45) is 1.27. The van der Waals surface area contributed by atoms with Gasteiger partial charge in [0, 0.05) is 35.7 Å². The van der Waals surface area contributed by atoms with Crippen LogP contribution in [0, 0.1) is 11.6 Å². The minimum absolute atomic E-state index is 0.0503. The Morgan fingerprint density at radius 2 is 1.71 bits per heavy atom. The van der Waals surface area contributed by atoms with Crippen LogP contribution in [0.4, 0.5) is 14.5 Å². The number of piperidine rings is 1. The Hall–Kier alpha value is -3.01. The van der Waals surface area contributed by atoms with Gasteiger partial charge in [0.1, 0.15) is 11.6 Å². The molecule has 0 aliphatic carbocycles. The standard InChI is InChI=1S/C24H21F2NO/c1-24(18-7-3-2-4-8-18)12-13-27(23(28)16-24)20-9-5-6-17(14-20)21-11-10-19(25)15-22(21)26/h2-11,14-15H,12-13,16H2,1H3. The van der Waals surface area contributed by atoms with Gasteiger partial charge in [-0.1, -0.05) is 49.4 Å². The van der Waals surface area contributed by atoms with E-state index in [-0.39, 0.29) is 11.3 Å². The SMILES string of the molecule is CC1(c2ccccc2)CCN(c2cccc(-c3ccc(F)cc3F)c2)C(=O)C1. The Balaban J connectivity index is 1.60. The number of carbonyl (C=O) groups is 1. The van der Waals surface area contributed by atoms with Crippen molar-refractivity contribution in [1.29, 1.82) is 0 Å². The van der Waals surface area contributed by atoms with Crippen molar-refractivity contribution >= 4 is 11.6 Å². The number of anilines is 1. The topological polar surface area (TPSA) is 20.3 Å². The number of hydrogen-bond acceptors (Lipinski definition) is 1. The molecule has 3 aromatic rings. The lowest BCUT2D eigenvalue weighted by atomic mass is 9.74. The maximum Gasteiger partial charge on any atom is 0.227 e. The molecule has 142 valence electrons. The molecule has 0 radical (unpaired) electrons. The first-order valence-corrected chi connectivity index (χ1v) is 9.38. The molecule has 0 saturated carbocycles. The molecule has 0 spiro atoms. The second-order valence-electron chi connectivity index (χ2n) is 7.57. The van der Waals surface area contributed by atoms with Crippen LogP contribution in [0.15, 0.2) is 72.8 Å². The van der Waals surface area contributed by atoms with E-state index in [1.54, 1.807) is 23.1 Å². The lowest BCUT2D eigenvalue weighted by Crippen LogP contribution is -2.45. The molecule has 0 bridgehead atoms. The summed E-state index contributed by atoms with van der Waals surface area (Å²) in [5.74, 6) is -1.17. The van der Waals surface area contributed by atoms with Crippen molar-refractivity contribution in [2.45, 2.75) is 25.2 Å². The molecule has 3 aromatic carbocycles. The number of hydrogen-bond donors (Lipinski definition) is 0. The van der Waals surface area contributed by atoms with Crippen LogP contribution in [0.1, 0.15) is 25.3 Å². The van der Waals surface area contributed by atoms with Crippen molar-refractivity contribution < 1.29 is 13.6 Å². The van der Waals surface area contributed by atoms with Crippen LogP contribution < -0.4 is 4.90 Å². The molecular weight excluding hydrogens is 356 g/mol. The first-order valence-electron chi connectivity index (χ1n) is 9.38. The summed E-state index contributed by atoms with van der Waals surface area (Å²) in [5.41, 5.74) is 2.67. The maximum absolute atomic E-state index is 14.2. The number of rotatable bonds is 3. The van der Waals surface area contributed by atoms with Crippen LogP contribution in [0.3, 0.4) is 0 Å². The lowest BCUT2D eigenvalue weighted by molar-refractivity contribution is -0.121. The minimum Gasteiger partial charge on any atom is -0.312 e. The summed E-state index contributed by atoms with van der Waals surface area (Å²) in [6, 6.07) is 20.9. The Kier molecular flexibility index (Phi) is 4.71. The van der Waals surface area contributed by atoms with Gasteiger partial charge in [-0.05, 0) is 41.8 Å². The zero-order valence-electron chi connectivity index (χ0n) is 15.7. The largest absolute Gasteiger partial charge is 0.312 e. The minimum atomic E-state index is -0.612. The van der Waals surface area contributed by atoms with Crippen LogP contribution in [-0.4, -0.2) is 12.5 Å². The predicted molar refractivity (Wildman–Crippen MR) is 107 cm³/mol. The van der Waals surface area contributed by atoms with Crippen molar-refractivity contribution in [3.63, 3.8) is 0 Å². The van der Waals surface area contributed by atoms with E-state index in [9.17, 15) is 13.6 Å². The zero-order chi connectivity index (χ0) is 19.7. The van der Waals surface area contributed by atoms with Crippen molar-refractivity contribution in [1.82, 2.24) is 0 Å². The zero-order valence-corrected chi connectivity index (χ0v) is 15.7. The van der Waals surface area contributed by atoms with Crippen molar-refractivity contribution in [2.24, 2.45) is 0 Å². The van der Waals surface area contributed by atoms with E-state index in [1.807, 2.05) is 24.3 Å². The third kappa shape index (κ3) is 3.42. The second kappa shape index (κ2) is 7.19. The van der Waals surface area contributed by atoms with Crippen molar-refractivity contribution in [3.8, 4) is 11.1 Å². The fourth-order valence-electron chi connectivity index (χ4n) is 3.93. The van der Waals surface area contributed by atoms with Gasteiger partial charge in [-0.2, -0.15) is 0 Å². The summed E-state index contributed by atoms with van der Waals surface area (Å²) in [6.45, 7) is 2.72. The summed E-state index contributed by atoms with van der Waals surface area (Å²) < 4.78 is 27.4. The Bertz CT molecular complexity index is 1020. The maximum atomic E-state index is 14.2. The van der Waals surface area contributed by atoms with E-state index in [0.717, 1.165) is 18.2 Å². The van der Waals surface area contributed by atoms with E-state index in [4.69, 9.17) is 0 Å². The normalized spacial score (nSPS) is 19.7. The molecule has 1 aliphatic heterocycles. The Labute approximate surface area is 163 Å². The van der Waals surface area contributed by atoms with Gasteiger partial charge >= 0.3 is 0 Å². The van der Waals surface area contributed by atoms with Gasteiger partial charge in [-0.15, -0.1) is 0 Å². The highest BCUT2D eigenvalue weighted by Crippen LogP contribution is 2.38. The molecule has 0 aromatic heterocycles. The quantitative estimate of drug-likeness (QED) is 0.572. The van der Waals surface area contributed by atoms with Gasteiger partial charge in [0.05, 0.1) is 0 Å². The van der Waals surface area contributed by atoms with Crippen LogP contribution in [0.5, 0.6) is 0 Å². The van der Waals surface area contributed by atoms with Crippen molar-refractivity contribution in [3.05, 3.63) is 90.0 Å². The van der Waals surface area contributed by atoms with Gasteiger partial charge in [0.25, 0.3) is 0 Å². The highest BCUT2D eigenvalue weighted by Gasteiger charge is 2.37. The Morgan fingerprint density at radius 3 is 2.43 bits per heavy atom. The monoisotopic (exact) mass is 377 g/mol. The van der Waals surface area contributed by atoms with E-state index >= 15 is 0 Å². The third-order valence-electron chi connectivity index (χ3n) is 5.60. The molecular formula is C24H21F2NO. The first-order chi connectivity index (χ1) is 13.5. The van der Waals surface area contributed by atoms with Gasteiger partial charge in [0.15, 0.2) is 0 Å². The third-order valence-corrected chi connectivity index (χ3v) is 5.60. The van der Waals surface area contributed by atoms with E-state index in [1.165, 1.54) is 17.7 Å². The summed E-state index contributed by atoms with van der Waals surface area (Å²) in [4.78, 5) is 14.7. The highest BCUT2D eigenvalue weighted by atomic mass is 19.1. The molecule has 1 aliphatic rings. The molecule has 0 N–H and O–H groups in total. The number of halogens is 2. The lowest BCUT2D eigenvalue weighted by Gasteiger charge is -2.39. The molecule has 1 fully saturated rings. The molecule has 2 nitrogen and oxygen atoms in total. The van der Waals surface area contributed by atoms with Crippen LogP contribution in [0.2, 0.25) is 0 Å². The molecule has 1 saturated heterocycles. The number of carbonyl (C=O) groups excluding carboxylic acids is 1. The van der Waals surface area contributed by atoms with E-state index < -0.39 is 11.6 Å². The van der Waals surface area contributed by atoms with E-state index in [2.05, 4.69) is 19.1 Å². The smallest absolute Gasteiger partial charge is 0.227 e. The number of nitrogens with zero attached hydrogens (tertiary/aromatic N) is 1. The average molecular weight is 377 g/mol. The summed E-state index contributed by atoms with van der Waals surface area (Å²) in [5, 5.41) is 0. The Morgan fingerprint density at radius 1 is 0.929 bits per heavy atom. The number of benzene rings is 3. The van der Waals surface area contributed by atoms with Crippen molar-refractivity contribution in [2.75, 3.05) is 11.4 Å². The summed E-state index contributed by atoms with van der Waals surface area (Å²) >= 11 is 0. The van der Waals surface area contributed by atoms with Crippen LogP contribution in [0.25, 0.3) is 11.1 Å². The molecule has 28 heavy (non-hydrogen) atoms. The predicted octanol–water partition coefficient (Wildman–Crippen LogP) is 5.72. The summed E-state index contributed by atoms with van der Waals surface area (Å²) in [7, 11) is 0. The van der Waals surface area contributed by atoms with Crippen LogP contribution >= 0.6 is 0 Å². The second-order valence-corrected chi connectivity index (χ2v) is 7.57. The molecule has 1 heterocycles. The molecule has 1 unspecified atom stereocenters. The molecule has 4 rings (SSSR count). The van der Waals surface area contributed by atoms with Crippen LogP contribution in [-0.2, 0) is 10.2 Å². The fourth-order valence-corrected chi connectivity index (χ4v) is 3.93. The number of amides is 1. The highest BCUT2D eigenvalue weighted by molar-refractivity contribution is 5.95. The molecule has 1 amide bonds.